The number of rotatable bonds is 6. The highest BCUT2D eigenvalue weighted by atomic mass is 32.2. The van der Waals surface area contributed by atoms with Gasteiger partial charge in [-0.3, -0.25) is 9.10 Å². The molecule has 8 heteroatoms. The number of fused-ring (bicyclic) bond motifs is 1. The van der Waals surface area contributed by atoms with E-state index in [2.05, 4.69) is 0 Å². The van der Waals surface area contributed by atoms with Crippen LogP contribution >= 0.6 is 0 Å². The Bertz CT molecular complexity index is 1010. The zero-order valence-electron chi connectivity index (χ0n) is 15.6. The molecule has 0 bridgehead atoms. The van der Waals surface area contributed by atoms with Crippen LogP contribution in [-0.2, 0) is 27.8 Å². The average molecular weight is 403 g/mol. The SMILES string of the molecule is C[C@H]1Cc2cc(C(=O)COC(=O)c3ccc(CO)cc3)ccc2N1S(C)(=O)=O. The maximum absolute atomic E-state index is 12.4. The van der Waals surface area contributed by atoms with Crippen molar-refractivity contribution in [3.05, 3.63) is 64.7 Å². The monoisotopic (exact) mass is 403 g/mol. The molecule has 0 spiro atoms. The van der Waals surface area contributed by atoms with Gasteiger partial charge in [-0.2, -0.15) is 0 Å². The topological polar surface area (TPSA) is 101 Å². The van der Waals surface area contributed by atoms with E-state index in [0.717, 1.165) is 11.8 Å². The first kappa shape index (κ1) is 20.0. The summed E-state index contributed by atoms with van der Waals surface area (Å²) in [6.07, 6.45) is 1.67. The summed E-state index contributed by atoms with van der Waals surface area (Å²) in [5.74, 6) is -0.996. The Morgan fingerprint density at radius 2 is 1.79 bits per heavy atom. The van der Waals surface area contributed by atoms with Gasteiger partial charge in [0.1, 0.15) is 0 Å². The number of carbonyl (C=O) groups is 2. The lowest BCUT2D eigenvalue weighted by atomic mass is 10.0. The number of Topliss-reactive ketones (excluding diaryl/α,β-unsaturated/α-hetero) is 1. The van der Waals surface area contributed by atoms with Crippen molar-refractivity contribution < 1.29 is 27.9 Å². The number of hydrogen-bond donors (Lipinski definition) is 1. The molecule has 1 N–H and O–H groups in total. The minimum absolute atomic E-state index is 0.123. The smallest absolute Gasteiger partial charge is 0.338 e. The highest BCUT2D eigenvalue weighted by Crippen LogP contribution is 2.34. The predicted octanol–water partition coefficient (Wildman–Crippen LogP) is 1.93. The lowest BCUT2D eigenvalue weighted by Crippen LogP contribution is -2.34. The number of hydrogen-bond acceptors (Lipinski definition) is 6. The highest BCUT2D eigenvalue weighted by molar-refractivity contribution is 7.92. The summed E-state index contributed by atoms with van der Waals surface area (Å²) in [6.45, 7) is 1.28. The van der Waals surface area contributed by atoms with Crippen LogP contribution in [0.2, 0.25) is 0 Å². The van der Waals surface area contributed by atoms with Gasteiger partial charge in [0.05, 0.1) is 24.1 Å². The van der Waals surface area contributed by atoms with Crippen molar-refractivity contribution >= 4 is 27.5 Å². The van der Waals surface area contributed by atoms with E-state index in [1.54, 1.807) is 30.3 Å². The van der Waals surface area contributed by atoms with E-state index >= 15 is 0 Å². The Labute approximate surface area is 163 Å². The number of esters is 1. The first-order valence-electron chi connectivity index (χ1n) is 8.73. The van der Waals surface area contributed by atoms with Gasteiger partial charge in [-0.05, 0) is 54.8 Å². The Balaban J connectivity index is 1.69. The van der Waals surface area contributed by atoms with Crippen LogP contribution < -0.4 is 4.31 Å². The fourth-order valence-corrected chi connectivity index (χ4v) is 4.59. The molecule has 0 amide bonds. The fourth-order valence-electron chi connectivity index (χ4n) is 3.33. The maximum Gasteiger partial charge on any atom is 0.338 e. The molecule has 1 heterocycles. The van der Waals surface area contributed by atoms with Crippen LogP contribution in [0.5, 0.6) is 0 Å². The summed E-state index contributed by atoms with van der Waals surface area (Å²) in [5, 5.41) is 9.02. The van der Waals surface area contributed by atoms with Crippen molar-refractivity contribution in [2.75, 3.05) is 17.2 Å². The van der Waals surface area contributed by atoms with Crippen LogP contribution in [0, 0.1) is 0 Å². The fraction of sp³-hybridized carbons (Fsp3) is 0.300. The predicted molar refractivity (Wildman–Crippen MR) is 104 cm³/mol. The second-order valence-electron chi connectivity index (χ2n) is 6.81. The third-order valence-corrected chi connectivity index (χ3v) is 5.89. The molecule has 0 fully saturated rings. The van der Waals surface area contributed by atoms with E-state index < -0.39 is 22.6 Å². The Kier molecular flexibility index (Phi) is 5.53. The molecule has 148 valence electrons. The number of carbonyl (C=O) groups excluding carboxylic acids is 2. The van der Waals surface area contributed by atoms with Gasteiger partial charge in [0.25, 0.3) is 0 Å². The van der Waals surface area contributed by atoms with Crippen molar-refractivity contribution in [1.82, 2.24) is 0 Å². The third kappa shape index (κ3) is 4.07. The van der Waals surface area contributed by atoms with E-state index in [1.165, 1.54) is 16.4 Å². The third-order valence-electron chi connectivity index (χ3n) is 4.62. The molecule has 2 aromatic rings. The average Bonchev–Trinajstić information content (AvgIpc) is 3.00. The van der Waals surface area contributed by atoms with Crippen LogP contribution in [0.4, 0.5) is 5.69 Å². The first-order valence-corrected chi connectivity index (χ1v) is 10.6. The van der Waals surface area contributed by atoms with Gasteiger partial charge in [0, 0.05) is 11.6 Å². The van der Waals surface area contributed by atoms with Crippen LogP contribution in [0.1, 0.15) is 38.8 Å². The van der Waals surface area contributed by atoms with Gasteiger partial charge in [-0.25, -0.2) is 13.2 Å². The van der Waals surface area contributed by atoms with E-state index in [9.17, 15) is 18.0 Å². The maximum atomic E-state index is 12.4. The van der Waals surface area contributed by atoms with Gasteiger partial charge in [-0.1, -0.05) is 12.1 Å². The lowest BCUT2D eigenvalue weighted by molar-refractivity contribution is 0.0474. The van der Waals surface area contributed by atoms with Crippen molar-refractivity contribution in [2.24, 2.45) is 0 Å². The standard InChI is InChI=1S/C20H21NO6S/c1-13-9-17-10-16(7-8-18(17)21(13)28(2,25)26)19(23)12-27-20(24)15-5-3-14(11-22)4-6-15/h3-8,10,13,22H,9,11-12H2,1-2H3/t13-/m0/s1. The zero-order valence-corrected chi connectivity index (χ0v) is 16.4. The molecule has 0 saturated carbocycles. The molecule has 28 heavy (non-hydrogen) atoms. The summed E-state index contributed by atoms with van der Waals surface area (Å²) in [6, 6.07) is 10.9. The summed E-state index contributed by atoms with van der Waals surface area (Å²) in [4.78, 5) is 24.5. The zero-order chi connectivity index (χ0) is 20.5. The number of anilines is 1. The van der Waals surface area contributed by atoms with Crippen molar-refractivity contribution in [2.45, 2.75) is 26.0 Å². The van der Waals surface area contributed by atoms with Crippen LogP contribution in [0.15, 0.2) is 42.5 Å². The van der Waals surface area contributed by atoms with Gasteiger partial charge >= 0.3 is 5.97 Å². The van der Waals surface area contributed by atoms with Crippen molar-refractivity contribution in [1.29, 1.82) is 0 Å². The number of aliphatic hydroxyl groups is 1. The second kappa shape index (κ2) is 7.73. The number of aliphatic hydroxyl groups excluding tert-OH is 1. The summed E-state index contributed by atoms with van der Waals surface area (Å²) in [5.41, 5.74) is 2.67. The molecular formula is C20H21NO6S. The highest BCUT2D eigenvalue weighted by Gasteiger charge is 2.32. The normalized spacial score (nSPS) is 16.0. The Hall–Kier alpha value is -2.71. The minimum Gasteiger partial charge on any atom is -0.454 e. The van der Waals surface area contributed by atoms with E-state index in [1.807, 2.05) is 6.92 Å². The molecule has 1 aliphatic rings. The molecular weight excluding hydrogens is 382 g/mol. The van der Waals surface area contributed by atoms with E-state index in [-0.39, 0.29) is 24.0 Å². The van der Waals surface area contributed by atoms with Gasteiger partial charge in [0.15, 0.2) is 12.4 Å². The lowest BCUT2D eigenvalue weighted by Gasteiger charge is -2.21. The molecule has 0 saturated heterocycles. The summed E-state index contributed by atoms with van der Waals surface area (Å²) < 4.78 is 30.4. The quantitative estimate of drug-likeness (QED) is 0.584. The Morgan fingerprint density at radius 3 is 2.39 bits per heavy atom. The Morgan fingerprint density at radius 1 is 1.14 bits per heavy atom. The number of ether oxygens (including phenoxy) is 1. The molecule has 0 aliphatic carbocycles. The number of benzene rings is 2. The van der Waals surface area contributed by atoms with E-state index in [0.29, 0.717) is 23.2 Å². The largest absolute Gasteiger partial charge is 0.454 e. The minimum atomic E-state index is -3.39. The number of nitrogens with zero attached hydrogens (tertiary/aromatic N) is 1. The molecule has 0 radical (unpaired) electrons. The molecule has 7 nitrogen and oxygen atoms in total. The van der Waals surface area contributed by atoms with E-state index in [4.69, 9.17) is 9.84 Å². The van der Waals surface area contributed by atoms with Crippen LogP contribution in [0.25, 0.3) is 0 Å². The second-order valence-corrected chi connectivity index (χ2v) is 8.67. The van der Waals surface area contributed by atoms with Crippen LogP contribution in [0.3, 0.4) is 0 Å². The molecule has 0 unspecified atom stereocenters. The molecule has 1 aliphatic heterocycles. The molecule has 0 aromatic heterocycles. The number of sulfonamides is 1. The first-order chi connectivity index (χ1) is 13.2. The van der Waals surface area contributed by atoms with Crippen molar-refractivity contribution in [3.63, 3.8) is 0 Å². The molecule has 3 rings (SSSR count). The van der Waals surface area contributed by atoms with Gasteiger partial charge < -0.3 is 9.84 Å². The van der Waals surface area contributed by atoms with Gasteiger partial charge in [0.2, 0.25) is 10.0 Å². The molecule has 1 atom stereocenters. The van der Waals surface area contributed by atoms with Crippen molar-refractivity contribution in [3.8, 4) is 0 Å². The summed E-state index contributed by atoms with van der Waals surface area (Å²) >= 11 is 0. The summed E-state index contributed by atoms with van der Waals surface area (Å²) in [7, 11) is -3.39. The van der Waals surface area contributed by atoms with Crippen LogP contribution in [-0.4, -0.2) is 44.2 Å². The van der Waals surface area contributed by atoms with Gasteiger partial charge in [-0.15, -0.1) is 0 Å². The molecule has 2 aromatic carbocycles. The number of ketones is 1.